The van der Waals surface area contributed by atoms with E-state index in [1.54, 1.807) is 18.2 Å². The number of nitrogens with zero attached hydrogens (tertiary/aromatic N) is 3. The van der Waals surface area contributed by atoms with Crippen molar-refractivity contribution in [3.63, 3.8) is 0 Å². The highest BCUT2D eigenvalue weighted by atomic mass is 19.3. The molecule has 1 aromatic heterocycles. The van der Waals surface area contributed by atoms with Gasteiger partial charge in [0.1, 0.15) is 6.20 Å². The fourth-order valence-electron chi connectivity index (χ4n) is 1.89. The van der Waals surface area contributed by atoms with E-state index in [2.05, 4.69) is 9.72 Å². The third-order valence-corrected chi connectivity index (χ3v) is 3.02. The Labute approximate surface area is 129 Å². The molecule has 0 saturated heterocycles. The van der Waals surface area contributed by atoms with Crippen LogP contribution in [0.25, 0.3) is 12.2 Å². The summed E-state index contributed by atoms with van der Waals surface area (Å²) in [6.07, 6.45) is 4.34. The van der Waals surface area contributed by atoms with Crippen molar-refractivity contribution in [1.29, 1.82) is 0 Å². The molecule has 0 aliphatic carbocycles. The summed E-state index contributed by atoms with van der Waals surface area (Å²) in [7, 11) is 2.86. The highest BCUT2D eigenvalue weighted by Crippen LogP contribution is 2.30. The average Bonchev–Trinajstić information content (AvgIpc) is 2.86. The minimum Gasteiger partial charge on any atom is -0.493 e. The summed E-state index contributed by atoms with van der Waals surface area (Å²) in [6.45, 7) is -2.95. The van der Waals surface area contributed by atoms with Crippen LogP contribution in [0.3, 0.4) is 0 Å². The molecule has 0 amide bonds. The molecule has 0 fully saturated rings. The standard InChI is InChI=1S/C14H13F2N3O4/c1-18-12(17-8-13(18)19(20)21)6-4-9-3-5-10(23-14(15)16)11(7-9)22-2/h3-8,14H,1-2H3/b6-4+. The number of nitro groups is 1. The summed E-state index contributed by atoms with van der Waals surface area (Å²) >= 11 is 0. The van der Waals surface area contributed by atoms with Gasteiger partial charge in [0.05, 0.1) is 14.2 Å². The lowest BCUT2D eigenvalue weighted by molar-refractivity contribution is -0.391. The summed E-state index contributed by atoms with van der Waals surface area (Å²) in [5.74, 6) is 0.317. The van der Waals surface area contributed by atoms with E-state index in [1.165, 1.54) is 30.9 Å². The SMILES string of the molecule is COc1cc(/C=C/c2ncc([N+](=O)[O-])n2C)ccc1OC(F)F. The maximum absolute atomic E-state index is 12.3. The number of hydrogen-bond acceptors (Lipinski definition) is 5. The van der Waals surface area contributed by atoms with Crippen molar-refractivity contribution in [2.75, 3.05) is 7.11 Å². The van der Waals surface area contributed by atoms with Crippen LogP contribution in [0.1, 0.15) is 11.4 Å². The third kappa shape index (κ3) is 3.82. The summed E-state index contributed by atoms with van der Waals surface area (Å²) in [5.41, 5.74) is 0.633. The van der Waals surface area contributed by atoms with Crippen LogP contribution in [0.4, 0.5) is 14.6 Å². The Kier molecular flexibility index (Phi) is 4.89. The second kappa shape index (κ2) is 6.86. The molecule has 0 bridgehead atoms. The quantitative estimate of drug-likeness (QED) is 0.602. The van der Waals surface area contributed by atoms with Crippen LogP contribution in [-0.4, -0.2) is 28.2 Å². The van der Waals surface area contributed by atoms with Gasteiger partial charge in [0.25, 0.3) is 0 Å². The monoisotopic (exact) mass is 325 g/mol. The van der Waals surface area contributed by atoms with Gasteiger partial charge < -0.3 is 19.6 Å². The number of imidazole rings is 1. The van der Waals surface area contributed by atoms with Gasteiger partial charge in [0, 0.05) is 6.08 Å². The Morgan fingerprint density at radius 1 is 1.35 bits per heavy atom. The first-order valence-corrected chi connectivity index (χ1v) is 6.39. The summed E-state index contributed by atoms with van der Waals surface area (Å²) in [5, 5.41) is 10.7. The molecule has 0 saturated carbocycles. The van der Waals surface area contributed by atoms with Crippen LogP contribution in [-0.2, 0) is 7.05 Å². The van der Waals surface area contributed by atoms with Crippen molar-refractivity contribution in [3.8, 4) is 11.5 Å². The molecule has 7 nitrogen and oxygen atoms in total. The highest BCUT2D eigenvalue weighted by molar-refractivity contribution is 5.69. The molecule has 0 spiro atoms. The van der Waals surface area contributed by atoms with E-state index in [1.807, 2.05) is 0 Å². The molecule has 2 rings (SSSR count). The molecular formula is C14H13F2N3O4. The van der Waals surface area contributed by atoms with Crippen LogP contribution in [0.15, 0.2) is 24.4 Å². The van der Waals surface area contributed by atoms with Gasteiger partial charge in [-0.1, -0.05) is 6.07 Å². The zero-order valence-corrected chi connectivity index (χ0v) is 12.3. The fraction of sp³-hybridized carbons (Fsp3) is 0.214. The molecular weight excluding hydrogens is 312 g/mol. The Hall–Kier alpha value is -2.97. The molecule has 1 aromatic carbocycles. The third-order valence-electron chi connectivity index (χ3n) is 3.02. The van der Waals surface area contributed by atoms with Gasteiger partial charge in [-0.3, -0.25) is 0 Å². The largest absolute Gasteiger partial charge is 0.493 e. The molecule has 23 heavy (non-hydrogen) atoms. The van der Waals surface area contributed by atoms with Crippen molar-refractivity contribution < 1.29 is 23.2 Å². The Morgan fingerprint density at radius 2 is 2.09 bits per heavy atom. The van der Waals surface area contributed by atoms with E-state index in [0.717, 1.165) is 6.20 Å². The Morgan fingerprint density at radius 3 is 2.65 bits per heavy atom. The number of benzene rings is 1. The normalized spacial score (nSPS) is 11.2. The number of ether oxygens (including phenoxy) is 2. The molecule has 0 aliphatic rings. The molecule has 0 radical (unpaired) electrons. The maximum Gasteiger partial charge on any atom is 0.387 e. The lowest BCUT2D eigenvalue weighted by atomic mass is 10.2. The number of methoxy groups -OCH3 is 1. The number of rotatable bonds is 6. The lowest BCUT2D eigenvalue weighted by Gasteiger charge is -2.10. The zero-order chi connectivity index (χ0) is 17.0. The number of alkyl halides is 2. The molecule has 9 heteroatoms. The summed E-state index contributed by atoms with van der Waals surface area (Å²) in [6, 6.07) is 4.41. The van der Waals surface area contributed by atoms with Crippen LogP contribution in [0.5, 0.6) is 11.5 Å². The van der Waals surface area contributed by atoms with Gasteiger partial charge in [0.2, 0.25) is 5.82 Å². The van der Waals surface area contributed by atoms with E-state index in [4.69, 9.17) is 4.74 Å². The van der Waals surface area contributed by atoms with Gasteiger partial charge in [-0.15, -0.1) is 0 Å². The van der Waals surface area contributed by atoms with E-state index in [0.29, 0.717) is 11.4 Å². The molecule has 1 heterocycles. The number of aromatic nitrogens is 2. The van der Waals surface area contributed by atoms with Crippen molar-refractivity contribution in [1.82, 2.24) is 9.55 Å². The van der Waals surface area contributed by atoms with Crippen LogP contribution < -0.4 is 9.47 Å². The van der Waals surface area contributed by atoms with Crippen LogP contribution in [0.2, 0.25) is 0 Å². The molecule has 0 aliphatic heterocycles. The van der Waals surface area contributed by atoms with Crippen molar-refractivity contribution >= 4 is 18.0 Å². The van der Waals surface area contributed by atoms with Gasteiger partial charge in [0.15, 0.2) is 11.5 Å². The second-order valence-electron chi connectivity index (χ2n) is 4.41. The first-order valence-electron chi connectivity index (χ1n) is 6.39. The van der Waals surface area contributed by atoms with E-state index >= 15 is 0 Å². The van der Waals surface area contributed by atoms with Gasteiger partial charge in [-0.05, 0) is 28.7 Å². The van der Waals surface area contributed by atoms with Crippen molar-refractivity contribution in [2.24, 2.45) is 7.05 Å². The molecule has 0 N–H and O–H groups in total. The lowest BCUT2D eigenvalue weighted by Crippen LogP contribution is -2.03. The molecule has 0 unspecified atom stereocenters. The van der Waals surface area contributed by atoms with E-state index in [9.17, 15) is 18.9 Å². The fourth-order valence-corrected chi connectivity index (χ4v) is 1.89. The van der Waals surface area contributed by atoms with E-state index < -0.39 is 11.5 Å². The smallest absolute Gasteiger partial charge is 0.387 e. The first-order chi connectivity index (χ1) is 10.9. The minimum atomic E-state index is -2.95. The zero-order valence-electron chi connectivity index (χ0n) is 12.3. The average molecular weight is 325 g/mol. The minimum absolute atomic E-state index is 0.0766. The van der Waals surface area contributed by atoms with Crippen LogP contribution >= 0.6 is 0 Å². The molecule has 0 atom stereocenters. The molecule has 122 valence electrons. The Balaban J connectivity index is 2.24. The second-order valence-corrected chi connectivity index (χ2v) is 4.41. The molecule has 2 aromatic rings. The van der Waals surface area contributed by atoms with Gasteiger partial charge >= 0.3 is 12.4 Å². The van der Waals surface area contributed by atoms with Gasteiger partial charge in [-0.2, -0.15) is 8.78 Å². The topological polar surface area (TPSA) is 79.4 Å². The van der Waals surface area contributed by atoms with Crippen molar-refractivity contribution in [3.05, 3.63) is 45.9 Å². The van der Waals surface area contributed by atoms with E-state index in [-0.39, 0.29) is 17.3 Å². The Bertz CT molecular complexity index is 744. The maximum atomic E-state index is 12.3. The summed E-state index contributed by atoms with van der Waals surface area (Å²) in [4.78, 5) is 14.1. The predicted molar refractivity (Wildman–Crippen MR) is 78.4 cm³/mol. The summed E-state index contributed by atoms with van der Waals surface area (Å²) < 4.78 is 35.2. The number of halogens is 2. The number of hydrogen-bond donors (Lipinski definition) is 0. The predicted octanol–water partition coefficient (Wildman–Crippen LogP) is 3.11. The van der Waals surface area contributed by atoms with Crippen LogP contribution in [0, 0.1) is 10.1 Å². The van der Waals surface area contributed by atoms with Gasteiger partial charge in [-0.25, -0.2) is 9.55 Å². The van der Waals surface area contributed by atoms with Crippen molar-refractivity contribution in [2.45, 2.75) is 6.61 Å². The highest BCUT2D eigenvalue weighted by Gasteiger charge is 2.14. The first kappa shape index (κ1) is 16.4.